The van der Waals surface area contributed by atoms with E-state index in [4.69, 9.17) is 0 Å². The van der Waals surface area contributed by atoms with Crippen LogP contribution in [0, 0.1) is 12.8 Å². The van der Waals surface area contributed by atoms with Gasteiger partial charge in [0.05, 0.1) is 18.4 Å². The molecule has 0 saturated heterocycles. The zero-order valence-electron chi connectivity index (χ0n) is 9.64. The van der Waals surface area contributed by atoms with Gasteiger partial charge in [0.2, 0.25) is 10.9 Å². The van der Waals surface area contributed by atoms with Crippen LogP contribution in [0.3, 0.4) is 0 Å². The van der Waals surface area contributed by atoms with Gasteiger partial charge in [-0.05, 0) is 19.8 Å². The highest BCUT2D eigenvalue weighted by atomic mass is 32.1. The third-order valence-electron chi connectivity index (χ3n) is 3.10. The minimum Gasteiger partial charge on any atom is -0.349 e. The van der Waals surface area contributed by atoms with Crippen molar-refractivity contribution in [1.29, 1.82) is 0 Å². The summed E-state index contributed by atoms with van der Waals surface area (Å²) in [6.45, 7) is 2.46. The third-order valence-corrected chi connectivity index (χ3v) is 4.02. The Labute approximate surface area is 103 Å². The largest absolute Gasteiger partial charge is 0.349 e. The van der Waals surface area contributed by atoms with Crippen molar-refractivity contribution in [3.8, 4) is 0 Å². The highest BCUT2D eigenvalue weighted by Crippen LogP contribution is 2.26. The SMILES string of the molecule is Cc1cn2nc(CNC(=O)C3CCC3)sc2n1. The summed E-state index contributed by atoms with van der Waals surface area (Å²) in [5.74, 6) is 0.404. The Bertz CT molecular complexity index is 523. The molecule has 0 aromatic carbocycles. The molecular formula is C11H14N4OS. The monoisotopic (exact) mass is 250 g/mol. The van der Waals surface area contributed by atoms with Gasteiger partial charge in [-0.1, -0.05) is 17.8 Å². The molecule has 1 aliphatic carbocycles. The quantitative estimate of drug-likeness (QED) is 0.898. The summed E-state index contributed by atoms with van der Waals surface area (Å²) in [5.41, 5.74) is 0.966. The fourth-order valence-electron chi connectivity index (χ4n) is 1.90. The van der Waals surface area contributed by atoms with Crippen molar-refractivity contribution in [3.63, 3.8) is 0 Å². The van der Waals surface area contributed by atoms with Crippen molar-refractivity contribution in [3.05, 3.63) is 16.9 Å². The van der Waals surface area contributed by atoms with Gasteiger partial charge in [-0.3, -0.25) is 4.79 Å². The molecule has 0 radical (unpaired) electrons. The number of carbonyl (C=O) groups excluding carboxylic acids is 1. The molecule has 0 bridgehead atoms. The molecule has 1 N–H and O–H groups in total. The first kappa shape index (κ1) is 10.7. The van der Waals surface area contributed by atoms with Gasteiger partial charge in [-0.15, -0.1) is 0 Å². The molecule has 3 rings (SSSR count). The van der Waals surface area contributed by atoms with E-state index in [1.54, 1.807) is 4.52 Å². The summed E-state index contributed by atoms with van der Waals surface area (Å²) in [6, 6.07) is 0. The number of fused-ring (bicyclic) bond motifs is 1. The topological polar surface area (TPSA) is 59.3 Å². The molecule has 1 aliphatic rings. The molecule has 1 fully saturated rings. The number of aromatic nitrogens is 3. The first-order valence-electron chi connectivity index (χ1n) is 5.82. The Morgan fingerprint density at radius 3 is 3.12 bits per heavy atom. The number of carbonyl (C=O) groups is 1. The number of nitrogens with zero attached hydrogens (tertiary/aromatic N) is 3. The van der Waals surface area contributed by atoms with Crippen LogP contribution in [-0.4, -0.2) is 20.5 Å². The van der Waals surface area contributed by atoms with E-state index in [2.05, 4.69) is 15.4 Å². The van der Waals surface area contributed by atoms with Crippen LogP contribution in [-0.2, 0) is 11.3 Å². The van der Waals surface area contributed by atoms with Crippen LogP contribution >= 0.6 is 11.3 Å². The van der Waals surface area contributed by atoms with Gasteiger partial charge < -0.3 is 5.32 Å². The Hall–Kier alpha value is -1.43. The van der Waals surface area contributed by atoms with Crippen LogP contribution < -0.4 is 5.32 Å². The minimum atomic E-state index is 0.167. The molecule has 0 unspecified atom stereocenters. The minimum absolute atomic E-state index is 0.167. The van der Waals surface area contributed by atoms with Gasteiger partial charge in [-0.2, -0.15) is 5.10 Å². The average Bonchev–Trinajstić information content (AvgIpc) is 2.68. The summed E-state index contributed by atoms with van der Waals surface area (Å²) in [5, 5.41) is 8.20. The van der Waals surface area contributed by atoms with Crippen molar-refractivity contribution in [2.75, 3.05) is 0 Å². The molecule has 2 aromatic rings. The maximum atomic E-state index is 11.6. The fraction of sp³-hybridized carbons (Fsp3) is 0.545. The smallest absolute Gasteiger partial charge is 0.223 e. The number of amides is 1. The Balaban J connectivity index is 1.64. The molecule has 0 aliphatic heterocycles. The van der Waals surface area contributed by atoms with Crippen molar-refractivity contribution < 1.29 is 4.79 Å². The summed E-state index contributed by atoms with van der Waals surface area (Å²) >= 11 is 1.52. The van der Waals surface area contributed by atoms with Crippen LogP contribution in [0.5, 0.6) is 0 Å². The first-order valence-corrected chi connectivity index (χ1v) is 6.63. The van der Waals surface area contributed by atoms with E-state index in [0.29, 0.717) is 6.54 Å². The lowest BCUT2D eigenvalue weighted by Gasteiger charge is -2.23. The molecule has 17 heavy (non-hydrogen) atoms. The van der Waals surface area contributed by atoms with E-state index in [1.165, 1.54) is 17.8 Å². The predicted octanol–water partition coefficient (Wildman–Crippen LogP) is 1.52. The lowest BCUT2D eigenvalue weighted by Crippen LogP contribution is -2.33. The summed E-state index contributed by atoms with van der Waals surface area (Å²) in [6.07, 6.45) is 5.14. The van der Waals surface area contributed by atoms with Gasteiger partial charge in [0, 0.05) is 5.92 Å². The van der Waals surface area contributed by atoms with Crippen molar-refractivity contribution in [1.82, 2.24) is 19.9 Å². The first-order chi connectivity index (χ1) is 8.22. The number of rotatable bonds is 3. The molecule has 0 atom stereocenters. The second kappa shape index (κ2) is 4.10. The predicted molar refractivity (Wildman–Crippen MR) is 64.8 cm³/mol. The highest BCUT2D eigenvalue weighted by Gasteiger charge is 2.24. The molecule has 0 spiro atoms. The highest BCUT2D eigenvalue weighted by molar-refractivity contribution is 7.16. The fourth-order valence-corrected chi connectivity index (χ4v) is 2.76. The lowest BCUT2D eigenvalue weighted by atomic mass is 9.85. The summed E-state index contributed by atoms with van der Waals surface area (Å²) in [4.78, 5) is 16.9. The standard InChI is InChI=1S/C11H14N4OS/c1-7-6-15-11(13-7)17-9(14-15)5-12-10(16)8-3-2-4-8/h6,8H,2-5H2,1H3,(H,12,16). The molecular weight excluding hydrogens is 236 g/mol. The number of nitrogens with one attached hydrogen (secondary N) is 1. The van der Waals surface area contributed by atoms with E-state index in [9.17, 15) is 4.79 Å². The Morgan fingerprint density at radius 1 is 1.65 bits per heavy atom. The zero-order valence-corrected chi connectivity index (χ0v) is 10.5. The average molecular weight is 250 g/mol. The molecule has 2 aromatic heterocycles. The Morgan fingerprint density at radius 2 is 2.47 bits per heavy atom. The van der Waals surface area contributed by atoms with Gasteiger partial charge in [-0.25, -0.2) is 9.50 Å². The zero-order chi connectivity index (χ0) is 11.8. The maximum absolute atomic E-state index is 11.6. The van der Waals surface area contributed by atoms with Gasteiger partial charge in [0.1, 0.15) is 5.01 Å². The molecule has 90 valence electrons. The third kappa shape index (κ3) is 2.04. The van der Waals surface area contributed by atoms with Gasteiger partial charge in [0.25, 0.3) is 0 Å². The van der Waals surface area contributed by atoms with E-state index >= 15 is 0 Å². The van der Waals surface area contributed by atoms with Crippen molar-refractivity contribution in [2.24, 2.45) is 5.92 Å². The molecule has 1 saturated carbocycles. The number of hydrogen-bond donors (Lipinski definition) is 1. The van der Waals surface area contributed by atoms with Gasteiger partial charge >= 0.3 is 0 Å². The van der Waals surface area contributed by atoms with Crippen molar-refractivity contribution >= 4 is 22.2 Å². The van der Waals surface area contributed by atoms with Crippen LogP contribution in [0.2, 0.25) is 0 Å². The van der Waals surface area contributed by atoms with Crippen LogP contribution in [0.4, 0.5) is 0 Å². The number of imidazole rings is 1. The molecule has 1 amide bonds. The van der Waals surface area contributed by atoms with E-state index < -0.39 is 0 Å². The van der Waals surface area contributed by atoms with Crippen LogP contribution in [0.25, 0.3) is 4.96 Å². The number of hydrogen-bond acceptors (Lipinski definition) is 4. The van der Waals surface area contributed by atoms with Crippen LogP contribution in [0.15, 0.2) is 6.20 Å². The van der Waals surface area contributed by atoms with E-state index in [1.807, 2.05) is 13.1 Å². The van der Waals surface area contributed by atoms with Crippen LogP contribution in [0.1, 0.15) is 30.0 Å². The summed E-state index contributed by atoms with van der Waals surface area (Å²) in [7, 11) is 0. The van der Waals surface area contributed by atoms with E-state index in [-0.39, 0.29) is 11.8 Å². The van der Waals surface area contributed by atoms with E-state index in [0.717, 1.165) is 28.5 Å². The normalized spacial score (nSPS) is 16.1. The van der Waals surface area contributed by atoms with Gasteiger partial charge in [0.15, 0.2) is 0 Å². The second-order valence-electron chi connectivity index (χ2n) is 4.45. The Kier molecular flexibility index (Phi) is 2.58. The summed E-state index contributed by atoms with van der Waals surface area (Å²) < 4.78 is 1.77. The van der Waals surface area contributed by atoms with Crippen molar-refractivity contribution in [2.45, 2.75) is 32.7 Å². The molecule has 2 heterocycles. The molecule has 6 heteroatoms. The second-order valence-corrected chi connectivity index (χ2v) is 5.49. The number of aryl methyl sites for hydroxylation is 1. The molecule has 5 nitrogen and oxygen atoms in total. The lowest BCUT2D eigenvalue weighted by molar-refractivity contribution is -0.127. The maximum Gasteiger partial charge on any atom is 0.223 e.